The van der Waals surface area contributed by atoms with Crippen LogP contribution in [0, 0.1) is 0 Å². The molecule has 0 bridgehead atoms. The number of benzene rings is 1. The molecule has 2 saturated heterocycles. The van der Waals surface area contributed by atoms with E-state index in [2.05, 4.69) is 10.0 Å². The zero-order valence-corrected chi connectivity index (χ0v) is 11.0. The summed E-state index contributed by atoms with van der Waals surface area (Å²) in [5, 5.41) is 23.3. The van der Waals surface area contributed by atoms with Gasteiger partial charge in [-0.15, -0.1) is 0 Å². The van der Waals surface area contributed by atoms with Crippen molar-refractivity contribution < 1.29 is 24.4 Å². The van der Waals surface area contributed by atoms with Crippen molar-refractivity contribution in [1.29, 1.82) is 0 Å². The van der Waals surface area contributed by atoms with Gasteiger partial charge in [0.25, 0.3) is 0 Å². The molecule has 2 heterocycles. The molecule has 8 heteroatoms. The number of azide groups is 1. The molecular weight excluding hydrogens is 278 g/mol. The third-order valence-electron chi connectivity index (χ3n) is 3.61. The molecule has 2 aliphatic heterocycles. The van der Waals surface area contributed by atoms with Gasteiger partial charge in [-0.1, -0.05) is 35.4 Å². The normalized spacial score (nSPS) is 39.1. The Bertz CT molecular complexity index is 536. The first-order valence-electron chi connectivity index (χ1n) is 6.58. The van der Waals surface area contributed by atoms with E-state index in [0.717, 1.165) is 5.56 Å². The molecule has 2 fully saturated rings. The number of aliphatic hydroxyl groups excluding tert-OH is 2. The lowest BCUT2D eigenvalue weighted by molar-refractivity contribution is -0.335. The van der Waals surface area contributed by atoms with Crippen LogP contribution in [0.1, 0.15) is 11.9 Å². The van der Waals surface area contributed by atoms with Gasteiger partial charge in [0.1, 0.15) is 18.2 Å². The van der Waals surface area contributed by atoms with Crippen molar-refractivity contribution in [3.8, 4) is 0 Å². The predicted octanol–water partition coefficient (Wildman–Crippen LogP) is 0.858. The first-order chi connectivity index (χ1) is 10.2. The van der Waals surface area contributed by atoms with Crippen LogP contribution in [0.3, 0.4) is 0 Å². The molecule has 2 aliphatic rings. The molecule has 0 saturated carbocycles. The highest BCUT2D eigenvalue weighted by Gasteiger charge is 2.48. The number of fused-ring (bicyclic) bond motifs is 1. The lowest BCUT2D eigenvalue weighted by Gasteiger charge is -2.45. The van der Waals surface area contributed by atoms with E-state index in [1.54, 1.807) is 0 Å². The third kappa shape index (κ3) is 2.73. The first-order valence-corrected chi connectivity index (χ1v) is 6.58. The van der Waals surface area contributed by atoms with Crippen molar-refractivity contribution in [3.63, 3.8) is 0 Å². The van der Waals surface area contributed by atoms with E-state index >= 15 is 0 Å². The summed E-state index contributed by atoms with van der Waals surface area (Å²) in [7, 11) is 0. The van der Waals surface area contributed by atoms with Crippen molar-refractivity contribution in [2.75, 3.05) is 6.61 Å². The summed E-state index contributed by atoms with van der Waals surface area (Å²) in [5.41, 5.74) is 9.31. The predicted molar refractivity (Wildman–Crippen MR) is 69.8 cm³/mol. The van der Waals surface area contributed by atoms with Gasteiger partial charge in [-0.3, -0.25) is 0 Å². The van der Waals surface area contributed by atoms with Crippen LogP contribution < -0.4 is 0 Å². The van der Waals surface area contributed by atoms with Crippen LogP contribution in [0.25, 0.3) is 10.4 Å². The Labute approximate surface area is 120 Å². The molecular formula is C13H15N3O5. The van der Waals surface area contributed by atoms with Gasteiger partial charge in [0, 0.05) is 10.5 Å². The minimum Gasteiger partial charge on any atom is -0.390 e. The maximum atomic E-state index is 10.2. The molecule has 0 aliphatic carbocycles. The lowest BCUT2D eigenvalue weighted by atomic mass is 9.96. The quantitative estimate of drug-likeness (QED) is 0.476. The number of nitrogens with zero attached hydrogens (tertiary/aromatic N) is 3. The molecule has 8 nitrogen and oxygen atoms in total. The van der Waals surface area contributed by atoms with Crippen LogP contribution in [-0.2, 0) is 14.2 Å². The Morgan fingerprint density at radius 1 is 1.19 bits per heavy atom. The summed E-state index contributed by atoms with van der Waals surface area (Å²) >= 11 is 0. The molecule has 2 N–H and O–H groups in total. The second-order valence-electron chi connectivity index (χ2n) is 4.93. The number of hydrogen-bond donors (Lipinski definition) is 2. The fourth-order valence-corrected chi connectivity index (χ4v) is 2.56. The van der Waals surface area contributed by atoms with Gasteiger partial charge in [-0.25, -0.2) is 0 Å². The molecule has 1 aromatic carbocycles. The highest BCUT2D eigenvalue weighted by atomic mass is 16.7. The minimum absolute atomic E-state index is 0.168. The summed E-state index contributed by atoms with van der Waals surface area (Å²) in [5.74, 6) is 0. The van der Waals surface area contributed by atoms with Crippen LogP contribution in [-0.4, -0.2) is 47.5 Å². The SMILES string of the molecule is [N-]=[N+]=N[C@@H]1C(O)OC2COC(c3ccccc3)O[C@H]2C1O. The summed E-state index contributed by atoms with van der Waals surface area (Å²) in [6.07, 6.45) is -4.52. The summed E-state index contributed by atoms with van der Waals surface area (Å²) < 4.78 is 16.6. The van der Waals surface area contributed by atoms with Gasteiger partial charge in [-0.2, -0.15) is 0 Å². The zero-order chi connectivity index (χ0) is 14.8. The standard InChI is InChI=1S/C13H15N3O5/c14-16-15-9-10(17)11-8(20-12(9)18)6-19-13(21-11)7-4-2-1-3-5-7/h1-5,8-13,17-18H,6H2/t8?,9-,10?,11+,12?,13?/m0/s1. The number of aliphatic hydroxyl groups is 2. The Hall–Kier alpha value is -1.67. The largest absolute Gasteiger partial charge is 0.390 e. The molecule has 6 atom stereocenters. The molecule has 1 aromatic rings. The molecule has 0 spiro atoms. The second-order valence-corrected chi connectivity index (χ2v) is 4.93. The van der Waals surface area contributed by atoms with E-state index < -0.39 is 36.9 Å². The maximum Gasteiger partial charge on any atom is 0.184 e. The van der Waals surface area contributed by atoms with E-state index in [0.29, 0.717) is 0 Å². The fraction of sp³-hybridized carbons (Fsp3) is 0.538. The number of rotatable bonds is 2. The van der Waals surface area contributed by atoms with Gasteiger partial charge in [-0.05, 0) is 5.53 Å². The van der Waals surface area contributed by atoms with Crippen molar-refractivity contribution in [2.45, 2.75) is 36.9 Å². The Morgan fingerprint density at radius 3 is 2.67 bits per heavy atom. The van der Waals surface area contributed by atoms with E-state index in [4.69, 9.17) is 19.7 Å². The van der Waals surface area contributed by atoms with Gasteiger partial charge in [0.2, 0.25) is 0 Å². The van der Waals surface area contributed by atoms with Crippen LogP contribution in [0.2, 0.25) is 0 Å². The zero-order valence-electron chi connectivity index (χ0n) is 11.0. The van der Waals surface area contributed by atoms with E-state index in [1.165, 1.54) is 0 Å². The second kappa shape index (κ2) is 5.98. The highest BCUT2D eigenvalue weighted by Crippen LogP contribution is 2.34. The van der Waals surface area contributed by atoms with Crippen molar-refractivity contribution in [2.24, 2.45) is 5.11 Å². The van der Waals surface area contributed by atoms with Crippen LogP contribution in [0.4, 0.5) is 0 Å². The monoisotopic (exact) mass is 293 g/mol. The van der Waals surface area contributed by atoms with E-state index in [-0.39, 0.29) is 6.61 Å². The Balaban J connectivity index is 1.78. The first kappa shape index (κ1) is 14.3. The van der Waals surface area contributed by atoms with Gasteiger partial charge >= 0.3 is 0 Å². The fourth-order valence-electron chi connectivity index (χ4n) is 2.56. The molecule has 0 aromatic heterocycles. The average molecular weight is 293 g/mol. The maximum absolute atomic E-state index is 10.2. The molecule has 0 radical (unpaired) electrons. The summed E-state index contributed by atoms with van der Waals surface area (Å²) in [6.45, 7) is 0.168. The Kier molecular flexibility index (Phi) is 4.07. The van der Waals surface area contributed by atoms with Crippen LogP contribution in [0.5, 0.6) is 0 Å². The topological polar surface area (TPSA) is 117 Å². The van der Waals surface area contributed by atoms with Gasteiger partial charge in [0.15, 0.2) is 12.6 Å². The summed E-state index contributed by atoms with van der Waals surface area (Å²) in [6, 6.07) is 8.18. The van der Waals surface area contributed by atoms with Crippen molar-refractivity contribution >= 4 is 0 Å². The summed E-state index contributed by atoms with van der Waals surface area (Å²) in [4.78, 5) is 2.61. The molecule has 0 amide bonds. The smallest absolute Gasteiger partial charge is 0.184 e. The average Bonchev–Trinajstić information content (AvgIpc) is 2.52. The number of ether oxygens (including phenoxy) is 3. The minimum atomic E-state index is -1.38. The molecule has 4 unspecified atom stereocenters. The molecule has 112 valence electrons. The molecule has 3 rings (SSSR count). The van der Waals surface area contributed by atoms with Crippen molar-refractivity contribution in [1.82, 2.24) is 0 Å². The third-order valence-corrected chi connectivity index (χ3v) is 3.61. The molecule has 21 heavy (non-hydrogen) atoms. The van der Waals surface area contributed by atoms with E-state index in [9.17, 15) is 10.2 Å². The lowest BCUT2D eigenvalue weighted by Crippen LogP contribution is -2.61. The van der Waals surface area contributed by atoms with Crippen molar-refractivity contribution in [3.05, 3.63) is 46.3 Å². The van der Waals surface area contributed by atoms with Gasteiger partial charge in [0.05, 0.1) is 12.7 Å². The number of hydrogen-bond acceptors (Lipinski definition) is 6. The van der Waals surface area contributed by atoms with Crippen LogP contribution >= 0.6 is 0 Å². The van der Waals surface area contributed by atoms with Crippen LogP contribution in [0.15, 0.2) is 35.4 Å². The Morgan fingerprint density at radius 2 is 1.95 bits per heavy atom. The van der Waals surface area contributed by atoms with Gasteiger partial charge < -0.3 is 24.4 Å². The highest BCUT2D eigenvalue weighted by molar-refractivity contribution is 5.16. The van der Waals surface area contributed by atoms with E-state index in [1.807, 2.05) is 30.3 Å².